The van der Waals surface area contributed by atoms with Crippen LogP contribution in [-0.4, -0.2) is 11.5 Å². The van der Waals surface area contributed by atoms with E-state index in [4.69, 9.17) is 5.73 Å². The highest BCUT2D eigenvalue weighted by atomic mass is 16.6. The first-order valence-electron chi connectivity index (χ1n) is 5.44. The second-order valence-corrected chi connectivity index (χ2v) is 4.52. The maximum atomic E-state index is 11.4. The predicted octanol–water partition coefficient (Wildman–Crippen LogP) is 2.96. The molecule has 0 saturated carbocycles. The van der Waals surface area contributed by atoms with E-state index >= 15 is 0 Å². The van der Waals surface area contributed by atoms with Crippen molar-refractivity contribution < 1.29 is 4.92 Å². The van der Waals surface area contributed by atoms with Crippen molar-refractivity contribution in [2.24, 2.45) is 5.92 Å². The van der Waals surface area contributed by atoms with Gasteiger partial charge in [0.15, 0.2) is 0 Å². The zero-order valence-electron chi connectivity index (χ0n) is 9.43. The van der Waals surface area contributed by atoms with Gasteiger partial charge in [0.25, 0.3) is 0 Å². The molecule has 0 radical (unpaired) electrons. The van der Waals surface area contributed by atoms with E-state index in [2.05, 4.69) is 0 Å². The van der Waals surface area contributed by atoms with Gasteiger partial charge in [-0.15, -0.1) is 0 Å². The number of nitrogens with zero attached hydrogens (tertiary/aromatic N) is 1. The number of hydrogen-bond donors (Lipinski definition) is 0. The SMILES string of the molecule is CC1c2ccccc2C(C[NH-])([N+](=O)[O-])C1C. The van der Waals surface area contributed by atoms with Crippen LogP contribution in [0.25, 0.3) is 5.73 Å². The van der Waals surface area contributed by atoms with E-state index in [9.17, 15) is 10.1 Å². The summed E-state index contributed by atoms with van der Waals surface area (Å²) in [5.41, 5.74) is 8.13. The highest BCUT2D eigenvalue weighted by molar-refractivity contribution is 5.42. The molecule has 0 saturated heterocycles. The van der Waals surface area contributed by atoms with Crippen molar-refractivity contribution in [3.05, 3.63) is 51.2 Å². The van der Waals surface area contributed by atoms with Crippen molar-refractivity contribution in [2.75, 3.05) is 6.54 Å². The van der Waals surface area contributed by atoms with Crippen molar-refractivity contribution >= 4 is 0 Å². The van der Waals surface area contributed by atoms with Gasteiger partial charge in [-0.2, -0.15) is 0 Å². The highest BCUT2D eigenvalue weighted by Crippen LogP contribution is 2.50. The largest absolute Gasteiger partial charge is 0.671 e. The van der Waals surface area contributed by atoms with Crippen LogP contribution in [0.2, 0.25) is 0 Å². The fourth-order valence-electron chi connectivity index (χ4n) is 2.80. The smallest absolute Gasteiger partial charge is 0.231 e. The van der Waals surface area contributed by atoms with Crippen molar-refractivity contribution in [3.8, 4) is 0 Å². The zero-order chi connectivity index (χ0) is 11.9. The molecule has 0 spiro atoms. The van der Waals surface area contributed by atoms with Gasteiger partial charge in [-0.3, -0.25) is 10.1 Å². The summed E-state index contributed by atoms with van der Waals surface area (Å²) in [6.07, 6.45) is 0. The Bertz CT molecular complexity index is 433. The van der Waals surface area contributed by atoms with Gasteiger partial charge in [0.05, 0.1) is 0 Å². The summed E-state index contributed by atoms with van der Waals surface area (Å²) >= 11 is 0. The Morgan fingerprint density at radius 1 is 1.44 bits per heavy atom. The average molecular weight is 219 g/mol. The van der Waals surface area contributed by atoms with Gasteiger partial charge >= 0.3 is 0 Å². The molecule has 3 unspecified atom stereocenters. The number of nitrogens with one attached hydrogen (secondary N) is 1. The van der Waals surface area contributed by atoms with E-state index < -0.39 is 5.54 Å². The third-order valence-electron chi connectivity index (χ3n) is 4.02. The van der Waals surface area contributed by atoms with Crippen molar-refractivity contribution in [2.45, 2.75) is 25.3 Å². The zero-order valence-corrected chi connectivity index (χ0v) is 9.43. The van der Waals surface area contributed by atoms with Crippen LogP contribution in [0.1, 0.15) is 30.9 Å². The average Bonchev–Trinajstić information content (AvgIpc) is 2.50. The molecule has 0 bridgehead atoms. The van der Waals surface area contributed by atoms with Crippen LogP contribution in [-0.2, 0) is 5.54 Å². The Morgan fingerprint density at radius 3 is 2.62 bits per heavy atom. The Balaban J connectivity index is 2.68. The van der Waals surface area contributed by atoms with Crippen LogP contribution < -0.4 is 0 Å². The molecule has 0 amide bonds. The molecule has 16 heavy (non-hydrogen) atoms. The molecule has 1 aliphatic rings. The van der Waals surface area contributed by atoms with Gasteiger partial charge in [-0.1, -0.05) is 44.7 Å². The molecule has 4 heteroatoms. The molecule has 1 aromatic carbocycles. The summed E-state index contributed by atoms with van der Waals surface area (Å²) < 4.78 is 0. The van der Waals surface area contributed by atoms with Gasteiger partial charge in [0, 0.05) is 16.4 Å². The topological polar surface area (TPSA) is 66.9 Å². The van der Waals surface area contributed by atoms with Crippen LogP contribution in [0, 0.1) is 16.0 Å². The quantitative estimate of drug-likeness (QED) is 0.566. The van der Waals surface area contributed by atoms with E-state index in [1.165, 1.54) is 0 Å². The second kappa shape index (κ2) is 3.56. The number of benzene rings is 1. The first-order valence-corrected chi connectivity index (χ1v) is 5.44. The molecule has 3 atom stereocenters. The normalized spacial score (nSPS) is 32.4. The Hall–Kier alpha value is -1.42. The standard InChI is InChI=1S/C12H15N2O2/c1-8-9(2)12(7-13,14(15)16)11-6-4-3-5-10(8)11/h3-6,8-9,13H,7H2,1-2H3/q-1. The van der Waals surface area contributed by atoms with Crippen LogP contribution in [0.4, 0.5) is 0 Å². The molecule has 0 heterocycles. The lowest BCUT2D eigenvalue weighted by atomic mass is 9.83. The van der Waals surface area contributed by atoms with Gasteiger partial charge in [0.2, 0.25) is 5.54 Å². The molecule has 1 aromatic rings. The Morgan fingerprint density at radius 2 is 2.06 bits per heavy atom. The van der Waals surface area contributed by atoms with Crippen LogP contribution >= 0.6 is 0 Å². The fourth-order valence-corrected chi connectivity index (χ4v) is 2.80. The monoisotopic (exact) mass is 219 g/mol. The Labute approximate surface area is 94.6 Å². The minimum absolute atomic E-state index is 0.127. The summed E-state index contributed by atoms with van der Waals surface area (Å²) in [6, 6.07) is 7.46. The van der Waals surface area contributed by atoms with E-state index in [1.807, 2.05) is 32.0 Å². The molecule has 4 nitrogen and oxygen atoms in total. The lowest BCUT2D eigenvalue weighted by Gasteiger charge is -2.29. The molecule has 0 aliphatic heterocycles. The lowest BCUT2D eigenvalue weighted by Crippen LogP contribution is -2.41. The van der Waals surface area contributed by atoms with Gasteiger partial charge in [0.1, 0.15) is 0 Å². The fraction of sp³-hybridized carbons (Fsp3) is 0.500. The summed E-state index contributed by atoms with van der Waals surface area (Å²) in [6.45, 7) is 3.69. The molecular formula is C12H15N2O2-. The van der Waals surface area contributed by atoms with Crippen molar-refractivity contribution in [3.63, 3.8) is 0 Å². The minimum Gasteiger partial charge on any atom is -0.671 e. The predicted molar refractivity (Wildman–Crippen MR) is 61.9 cm³/mol. The molecule has 0 fully saturated rings. The van der Waals surface area contributed by atoms with E-state index in [0.717, 1.165) is 11.1 Å². The number of hydrogen-bond acceptors (Lipinski definition) is 2. The number of fused-ring (bicyclic) bond motifs is 1. The van der Waals surface area contributed by atoms with Crippen LogP contribution in [0.3, 0.4) is 0 Å². The van der Waals surface area contributed by atoms with Gasteiger partial charge in [-0.05, 0) is 11.5 Å². The van der Waals surface area contributed by atoms with Crippen LogP contribution in [0.15, 0.2) is 24.3 Å². The van der Waals surface area contributed by atoms with Gasteiger partial charge in [-0.25, -0.2) is 0 Å². The molecule has 1 aliphatic carbocycles. The highest BCUT2D eigenvalue weighted by Gasteiger charge is 2.54. The van der Waals surface area contributed by atoms with Crippen LogP contribution in [0.5, 0.6) is 0 Å². The summed E-state index contributed by atoms with van der Waals surface area (Å²) in [5.74, 6) is 0.0179. The Kier molecular flexibility index (Phi) is 2.46. The lowest BCUT2D eigenvalue weighted by molar-refractivity contribution is -0.583. The van der Waals surface area contributed by atoms with E-state index in [0.29, 0.717) is 0 Å². The van der Waals surface area contributed by atoms with Crippen molar-refractivity contribution in [1.82, 2.24) is 0 Å². The summed E-state index contributed by atoms with van der Waals surface area (Å²) in [4.78, 5) is 11.1. The molecule has 86 valence electrons. The third kappa shape index (κ3) is 1.13. The third-order valence-corrected chi connectivity index (χ3v) is 4.02. The molecule has 2 rings (SSSR count). The van der Waals surface area contributed by atoms with E-state index in [1.54, 1.807) is 6.07 Å². The maximum Gasteiger partial charge on any atom is 0.231 e. The first-order chi connectivity index (χ1) is 7.55. The maximum absolute atomic E-state index is 11.4. The minimum atomic E-state index is -1.21. The summed E-state index contributed by atoms with van der Waals surface area (Å²) in [5, 5.41) is 11.4. The van der Waals surface area contributed by atoms with Gasteiger partial charge < -0.3 is 5.73 Å². The summed E-state index contributed by atoms with van der Waals surface area (Å²) in [7, 11) is 0. The van der Waals surface area contributed by atoms with E-state index in [-0.39, 0.29) is 23.3 Å². The van der Waals surface area contributed by atoms with Crippen molar-refractivity contribution in [1.29, 1.82) is 0 Å². The first kappa shape index (κ1) is 11.1. The second-order valence-electron chi connectivity index (χ2n) is 4.52. The number of rotatable bonds is 2. The molecule has 0 aromatic heterocycles. The number of nitro groups is 1. The molecule has 1 N–H and O–H groups in total. The molecular weight excluding hydrogens is 204 g/mol.